The maximum atomic E-state index is 14.0. The molecule has 0 aliphatic heterocycles. The summed E-state index contributed by atoms with van der Waals surface area (Å²) >= 11 is 0. The largest absolute Gasteiger partial charge is 0.372 e. The van der Waals surface area contributed by atoms with E-state index in [2.05, 4.69) is 30.4 Å². The Bertz CT molecular complexity index is 1140. The summed E-state index contributed by atoms with van der Waals surface area (Å²) in [7, 11) is 0. The normalized spacial score (nSPS) is 15.7. The van der Waals surface area contributed by atoms with Gasteiger partial charge in [-0.2, -0.15) is 0 Å². The lowest BCUT2D eigenvalue weighted by atomic mass is 9.90. The third-order valence-corrected chi connectivity index (χ3v) is 6.98. The van der Waals surface area contributed by atoms with Gasteiger partial charge in [0.15, 0.2) is 5.60 Å². The number of fused-ring (bicyclic) bond motifs is 3. The minimum atomic E-state index is -1.66. The van der Waals surface area contributed by atoms with Gasteiger partial charge in [-0.15, -0.1) is 0 Å². The predicted molar refractivity (Wildman–Crippen MR) is 130 cm³/mol. The van der Waals surface area contributed by atoms with Crippen LogP contribution in [0.3, 0.4) is 0 Å². The molecule has 2 aliphatic carbocycles. The van der Waals surface area contributed by atoms with Crippen LogP contribution in [0.25, 0.3) is 11.1 Å². The standard InChI is InChI=1S/C28H31N3O2/c1-2-19-11-12-20(16-29)21(15-19)17-30-18-31(22-13-14-22)27(32)28(33)25-9-5-3-7-23(25)24-8-4-6-10-26(24)28/h3-12,15,22,30,33H,2,13-14,16-18,29H2,1H3. The molecule has 1 amide bonds. The minimum absolute atomic E-state index is 0.157. The number of carbonyl (C=O) groups excluding carboxylic acids is 1. The van der Waals surface area contributed by atoms with Gasteiger partial charge in [0.1, 0.15) is 0 Å². The van der Waals surface area contributed by atoms with Gasteiger partial charge < -0.3 is 15.7 Å². The molecule has 5 heteroatoms. The Hall–Kier alpha value is -2.99. The molecule has 1 fully saturated rings. The second kappa shape index (κ2) is 8.75. The molecular formula is C28H31N3O2. The van der Waals surface area contributed by atoms with Crippen LogP contribution in [0, 0.1) is 0 Å². The number of nitrogens with zero attached hydrogens (tertiary/aromatic N) is 1. The summed E-state index contributed by atoms with van der Waals surface area (Å²) in [6, 6.07) is 21.9. The highest BCUT2D eigenvalue weighted by molar-refractivity contribution is 5.99. The molecule has 3 aromatic rings. The Labute approximate surface area is 195 Å². The molecule has 5 rings (SSSR count). The molecule has 1 saturated carbocycles. The van der Waals surface area contributed by atoms with Crippen LogP contribution in [0.4, 0.5) is 0 Å². The van der Waals surface area contributed by atoms with Crippen LogP contribution >= 0.6 is 0 Å². The summed E-state index contributed by atoms with van der Waals surface area (Å²) < 4.78 is 0. The SMILES string of the molecule is CCc1ccc(CN)c(CNCN(C(=O)C2(O)c3ccccc3-c3ccccc32)C2CC2)c1. The molecule has 0 aromatic heterocycles. The predicted octanol–water partition coefficient (Wildman–Crippen LogP) is 3.66. The van der Waals surface area contributed by atoms with Gasteiger partial charge in [0.05, 0.1) is 6.67 Å². The molecule has 0 heterocycles. The fraction of sp³-hybridized carbons (Fsp3) is 0.321. The lowest BCUT2D eigenvalue weighted by Gasteiger charge is -2.32. The summed E-state index contributed by atoms with van der Waals surface area (Å²) in [5.41, 5.74) is 11.0. The van der Waals surface area contributed by atoms with Crippen molar-refractivity contribution < 1.29 is 9.90 Å². The number of hydrogen-bond acceptors (Lipinski definition) is 4. The van der Waals surface area contributed by atoms with Gasteiger partial charge in [-0.3, -0.25) is 10.1 Å². The molecular weight excluding hydrogens is 410 g/mol. The molecule has 170 valence electrons. The van der Waals surface area contributed by atoms with Gasteiger partial charge >= 0.3 is 0 Å². The zero-order valence-corrected chi connectivity index (χ0v) is 19.1. The number of aliphatic hydroxyl groups is 1. The maximum Gasteiger partial charge on any atom is 0.265 e. The Morgan fingerprint density at radius 1 is 1.03 bits per heavy atom. The summed E-state index contributed by atoms with van der Waals surface area (Å²) in [6.07, 6.45) is 2.90. The highest BCUT2D eigenvalue weighted by atomic mass is 16.3. The summed E-state index contributed by atoms with van der Waals surface area (Å²) in [5, 5.41) is 15.4. The zero-order chi connectivity index (χ0) is 23.0. The van der Waals surface area contributed by atoms with Crippen molar-refractivity contribution in [1.82, 2.24) is 10.2 Å². The van der Waals surface area contributed by atoms with E-state index in [1.807, 2.05) is 53.4 Å². The van der Waals surface area contributed by atoms with E-state index in [0.717, 1.165) is 41.5 Å². The number of rotatable bonds is 8. The van der Waals surface area contributed by atoms with Crippen molar-refractivity contribution in [2.24, 2.45) is 5.73 Å². The van der Waals surface area contributed by atoms with Gasteiger partial charge in [-0.05, 0) is 47.1 Å². The number of nitrogens with one attached hydrogen (secondary N) is 1. The molecule has 0 bridgehead atoms. The molecule has 0 spiro atoms. The van der Waals surface area contributed by atoms with Crippen LogP contribution in [0.5, 0.6) is 0 Å². The number of hydrogen-bond donors (Lipinski definition) is 3. The topological polar surface area (TPSA) is 78.6 Å². The average molecular weight is 442 g/mol. The fourth-order valence-electron chi connectivity index (χ4n) is 4.98. The summed E-state index contributed by atoms with van der Waals surface area (Å²) in [5.74, 6) is -0.253. The van der Waals surface area contributed by atoms with Crippen LogP contribution in [-0.4, -0.2) is 28.6 Å². The lowest BCUT2D eigenvalue weighted by Crippen LogP contribution is -2.50. The molecule has 5 nitrogen and oxygen atoms in total. The van der Waals surface area contributed by atoms with Crippen molar-refractivity contribution in [3.8, 4) is 11.1 Å². The first-order chi connectivity index (χ1) is 16.1. The van der Waals surface area contributed by atoms with Crippen molar-refractivity contribution in [2.45, 2.75) is 50.9 Å². The second-order valence-electron chi connectivity index (χ2n) is 9.05. The average Bonchev–Trinajstić information content (AvgIpc) is 3.67. The second-order valence-corrected chi connectivity index (χ2v) is 9.05. The Morgan fingerprint density at radius 3 is 2.24 bits per heavy atom. The van der Waals surface area contributed by atoms with Gasteiger partial charge in [0.25, 0.3) is 5.91 Å². The molecule has 3 aromatic carbocycles. The van der Waals surface area contributed by atoms with E-state index in [-0.39, 0.29) is 11.9 Å². The van der Waals surface area contributed by atoms with Crippen molar-refractivity contribution >= 4 is 5.91 Å². The zero-order valence-electron chi connectivity index (χ0n) is 19.1. The first-order valence-electron chi connectivity index (χ1n) is 11.8. The van der Waals surface area contributed by atoms with E-state index >= 15 is 0 Å². The molecule has 0 unspecified atom stereocenters. The summed E-state index contributed by atoms with van der Waals surface area (Å²) in [4.78, 5) is 15.8. The third kappa shape index (κ3) is 3.76. The van der Waals surface area contributed by atoms with E-state index in [1.165, 1.54) is 5.56 Å². The van der Waals surface area contributed by atoms with E-state index in [1.54, 1.807) is 0 Å². The number of nitrogens with two attached hydrogens (primary N) is 1. The summed E-state index contributed by atoms with van der Waals surface area (Å²) in [6.45, 7) is 3.64. The lowest BCUT2D eigenvalue weighted by molar-refractivity contribution is -0.149. The number of amides is 1. The minimum Gasteiger partial charge on any atom is -0.372 e. The quantitative estimate of drug-likeness (QED) is 0.466. The molecule has 0 saturated heterocycles. The molecule has 4 N–H and O–H groups in total. The molecule has 0 radical (unpaired) electrons. The first kappa shape index (κ1) is 21.8. The van der Waals surface area contributed by atoms with Gasteiger partial charge in [-0.1, -0.05) is 73.7 Å². The molecule has 33 heavy (non-hydrogen) atoms. The van der Waals surface area contributed by atoms with Gasteiger partial charge in [0.2, 0.25) is 0 Å². The van der Waals surface area contributed by atoms with Crippen molar-refractivity contribution in [1.29, 1.82) is 0 Å². The smallest absolute Gasteiger partial charge is 0.265 e. The molecule has 2 aliphatic rings. The van der Waals surface area contributed by atoms with E-state index in [9.17, 15) is 9.90 Å². The van der Waals surface area contributed by atoms with Crippen LogP contribution in [0.15, 0.2) is 66.7 Å². The van der Waals surface area contributed by atoms with Gasteiger partial charge in [-0.25, -0.2) is 0 Å². The van der Waals surface area contributed by atoms with Crippen molar-refractivity contribution in [2.75, 3.05) is 6.67 Å². The van der Waals surface area contributed by atoms with Gasteiger partial charge in [0, 0.05) is 30.3 Å². The van der Waals surface area contributed by atoms with Crippen molar-refractivity contribution in [3.63, 3.8) is 0 Å². The number of carbonyl (C=O) groups is 1. The highest BCUT2D eigenvalue weighted by Gasteiger charge is 2.51. The number of benzene rings is 3. The van der Waals surface area contributed by atoms with Crippen LogP contribution in [0.2, 0.25) is 0 Å². The van der Waals surface area contributed by atoms with Crippen LogP contribution < -0.4 is 11.1 Å². The number of aryl methyl sites for hydroxylation is 1. The Balaban J connectivity index is 1.41. The first-order valence-corrected chi connectivity index (χ1v) is 11.8. The molecule has 0 atom stereocenters. The van der Waals surface area contributed by atoms with Crippen LogP contribution in [0.1, 0.15) is 47.6 Å². The van der Waals surface area contributed by atoms with Crippen molar-refractivity contribution in [3.05, 3.63) is 94.5 Å². The maximum absolute atomic E-state index is 14.0. The Morgan fingerprint density at radius 2 is 1.67 bits per heavy atom. The highest BCUT2D eigenvalue weighted by Crippen LogP contribution is 2.49. The van der Waals surface area contributed by atoms with E-state index < -0.39 is 5.60 Å². The van der Waals surface area contributed by atoms with E-state index in [0.29, 0.717) is 30.9 Å². The fourth-order valence-corrected chi connectivity index (χ4v) is 4.98. The van der Waals surface area contributed by atoms with E-state index in [4.69, 9.17) is 5.73 Å². The third-order valence-electron chi connectivity index (χ3n) is 6.98. The Kier molecular flexibility index (Phi) is 5.79. The monoisotopic (exact) mass is 441 g/mol. The van der Waals surface area contributed by atoms with Crippen LogP contribution in [-0.2, 0) is 29.9 Å².